The minimum absolute atomic E-state index is 0.691. The van der Waals surface area contributed by atoms with Crippen LogP contribution in [-0.2, 0) is 0 Å². The maximum absolute atomic E-state index is 6.42. The lowest BCUT2D eigenvalue weighted by atomic mass is 9.98. The molecule has 5 heteroatoms. The summed E-state index contributed by atoms with van der Waals surface area (Å²) in [5, 5.41) is 14.6. The fourth-order valence-corrected chi connectivity index (χ4v) is 6.85. The lowest BCUT2D eigenvalue weighted by molar-refractivity contribution is 0.663. The number of nitrogens with two attached hydrogens (primary N) is 1. The molecular formula is C38H22N2O3. The Morgan fingerprint density at radius 3 is 2.02 bits per heavy atom. The summed E-state index contributed by atoms with van der Waals surface area (Å²) in [7, 11) is 0. The van der Waals surface area contributed by atoms with Crippen LogP contribution in [0.25, 0.3) is 87.4 Å². The molecule has 0 amide bonds. The van der Waals surface area contributed by atoms with Gasteiger partial charge >= 0.3 is 0 Å². The molecule has 5 nitrogen and oxygen atoms in total. The SMILES string of the molecule is Nc1ccc2c(c1)oc1c2ccc2ccc3c(Nc4ccc5c(c4)oc4ccc6oc7ccccc7c6c45)cccc3c21. The van der Waals surface area contributed by atoms with Gasteiger partial charge in [0.2, 0.25) is 0 Å². The van der Waals surface area contributed by atoms with Crippen molar-refractivity contribution >= 4 is 104 Å². The van der Waals surface area contributed by atoms with Crippen LogP contribution in [0, 0.1) is 0 Å². The Kier molecular flexibility index (Phi) is 4.27. The Hall–Kier alpha value is -5.94. The molecule has 0 aliphatic heterocycles. The minimum Gasteiger partial charge on any atom is -0.456 e. The Morgan fingerprint density at radius 1 is 0.442 bits per heavy atom. The summed E-state index contributed by atoms with van der Waals surface area (Å²) in [6.07, 6.45) is 0. The van der Waals surface area contributed by atoms with E-state index in [0.717, 1.165) is 98.7 Å². The van der Waals surface area contributed by atoms with Crippen LogP contribution in [0.3, 0.4) is 0 Å². The molecule has 10 aromatic rings. The van der Waals surface area contributed by atoms with Gasteiger partial charge in [0.15, 0.2) is 0 Å². The molecule has 0 spiro atoms. The lowest BCUT2D eigenvalue weighted by Gasteiger charge is -2.12. The maximum atomic E-state index is 6.42. The fraction of sp³-hybridized carbons (Fsp3) is 0. The molecule has 3 heterocycles. The highest BCUT2D eigenvalue weighted by Crippen LogP contribution is 2.42. The van der Waals surface area contributed by atoms with E-state index in [1.54, 1.807) is 0 Å². The Morgan fingerprint density at radius 2 is 1.14 bits per heavy atom. The highest BCUT2D eigenvalue weighted by Gasteiger charge is 2.17. The summed E-state index contributed by atoms with van der Waals surface area (Å²) in [4.78, 5) is 0. The van der Waals surface area contributed by atoms with Crippen LogP contribution in [0.15, 0.2) is 129 Å². The van der Waals surface area contributed by atoms with Crippen LogP contribution < -0.4 is 11.1 Å². The largest absolute Gasteiger partial charge is 0.456 e. The third-order valence-corrected chi connectivity index (χ3v) is 8.76. The molecule has 7 aromatic carbocycles. The van der Waals surface area contributed by atoms with Gasteiger partial charge in [0.25, 0.3) is 0 Å². The van der Waals surface area contributed by atoms with E-state index in [4.69, 9.17) is 19.0 Å². The van der Waals surface area contributed by atoms with Gasteiger partial charge in [-0.2, -0.15) is 0 Å². The molecule has 0 fully saturated rings. The van der Waals surface area contributed by atoms with Gasteiger partial charge in [0.05, 0.1) is 0 Å². The molecule has 0 aliphatic rings. The van der Waals surface area contributed by atoms with E-state index in [-0.39, 0.29) is 0 Å². The molecule has 0 atom stereocenters. The first-order valence-corrected chi connectivity index (χ1v) is 14.3. The van der Waals surface area contributed by atoms with Gasteiger partial charge in [-0.1, -0.05) is 48.5 Å². The van der Waals surface area contributed by atoms with Gasteiger partial charge in [-0.05, 0) is 65.4 Å². The smallest absolute Gasteiger partial charge is 0.143 e. The van der Waals surface area contributed by atoms with Crippen molar-refractivity contribution in [2.45, 2.75) is 0 Å². The van der Waals surface area contributed by atoms with E-state index < -0.39 is 0 Å². The summed E-state index contributed by atoms with van der Waals surface area (Å²) in [5.74, 6) is 0. The predicted molar refractivity (Wildman–Crippen MR) is 177 cm³/mol. The third kappa shape index (κ3) is 3.11. The molecule has 0 aliphatic carbocycles. The van der Waals surface area contributed by atoms with E-state index in [0.29, 0.717) is 5.69 Å². The Balaban J connectivity index is 1.14. The van der Waals surface area contributed by atoms with Crippen LogP contribution in [0.4, 0.5) is 17.1 Å². The molecule has 0 saturated carbocycles. The zero-order valence-corrected chi connectivity index (χ0v) is 22.8. The lowest BCUT2D eigenvalue weighted by Crippen LogP contribution is -1.91. The van der Waals surface area contributed by atoms with E-state index in [1.165, 1.54) is 0 Å². The van der Waals surface area contributed by atoms with Crippen molar-refractivity contribution < 1.29 is 13.3 Å². The van der Waals surface area contributed by atoms with E-state index in [1.807, 2.05) is 48.5 Å². The number of benzene rings is 7. The molecule has 0 bridgehead atoms. The second-order valence-corrected chi connectivity index (χ2v) is 11.2. The molecule has 43 heavy (non-hydrogen) atoms. The van der Waals surface area contributed by atoms with Crippen molar-refractivity contribution in [1.29, 1.82) is 0 Å². The zero-order chi connectivity index (χ0) is 28.2. The highest BCUT2D eigenvalue weighted by molar-refractivity contribution is 6.26. The van der Waals surface area contributed by atoms with Crippen LogP contribution in [0.2, 0.25) is 0 Å². The first kappa shape index (κ1) is 22.7. The molecular weight excluding hydrogens is 532 g/mol. The number of fused-ring (bicyclic) bond motifs is 14. The number of hydrogen-bond acceptors (Lipinski definition) is 5. The van der Waals surface area contributed by atoms with Gasteiger partial charge < -0.3 is 24.3 Å². The van der Waals surface area contributed by atoms with Gasteiger partial charge in [-0.15, -0.1) is 0 Å². The quantitative estimate of drug-likeness (QED) is 0.164. The number of hydrogen-bond donors (Lipinski definition) is 2. The number of nitrogens with one attached hydrogen (secondary N) is 1. The van der Waals surface area contributed by atoms with Gasteiger partial charge in [0, 0.05) is 72.3 Å². The van der Waals surface area contributed by atoms with Gasteiger partial charge in [-0.25, -0.2) is 0 Å². The summed E-state index contributed by atoms with van der Waals surface area (Å²) in [5.41, 5.74) is 13.8. The van der Waals surface area contributed by atoms with Crippen LogP contribution >= 0.6 is 0 Å². The van der Waals surface area contributed by atoms with Crippen LogP contribution in [0.1, 0.15) is 0 Å². The van der Waals surface area contributed by atoms with E-state index in [2.05, 4.69) is 72.0 Å². The van der Waals surface area contributed by atoms with E-state index in [9.17, 15) is 0 Å². The molecule has 0 unspecified atom stereocenters. The number of rotatable bonds is 2. The molecule has 10 rings (SSSR count). The second kappa shape index (κ2) is 8.08. The number of anilines is 3. The third-order valence-electron chi connectivity index (χ3n) is 8.76. The number of furan rings is 3. The molecule has 0 radical (unpaired) electrons. The summed E-state index contributed by atoms with van der Waals surface area (Å²) in [6, 6.07) is 39.3. The van der Waals surface area contributed by atoms with Crippen molar-refractivity contribution in [3.63, 3.8) is 0 Å². The first-order valence-electron chi connectivity index (χ1n) is 14.3. The topological polar surface area (TPSA) is 77.5 Å². The molecule has 0 saturated heterocycles. The van der Waals surface area contributed by atoms with Crippen LogP contribution in [-0.4, -0.2) is 0 Å². The zero-order valence-electron chi connectivity index (χ0n) is 22.8. The molecule has 202 valence electrons. The first-order chi connectivity index (χ1) is 21.2. The van der Waals surface area contributed by atoms with Crippen molar-refractivity contribution in [2.75, 3.05) is 11.1 Å². The molecule has 3 aromatic heterocycles. The van der Waals surface area contributed by atoms with Crippen molar-refractivity contribution in [1.82, 2.24) is 0 Å². The Bertz CT molecular complexity index is 2780. The monoisotopic (exact) mass is 554 g/mol. The fourth-order valence-electron chi connectivity index (χ4n) is 6.85. The number of nitrogen functional groups attached to an aromatic ring is 1. The van der Waals surface area contributed by atoms with Crippen molar-refractivity contribution in [2.24, 2.45) is 0 Å². The van der Waals surface area contributed by atoms with Crippen molar-refractivity contribution in [3.8, 4) is 0 Å². The standard InChI is InChI=1S/C38H22N2O3/c39-21-10-14-24-26-13-9-20-8-12-23-25(35(20)38(26)43-33(24)18-21)5-3-6-29(23)40-22-11-15-28-34(19-22)42-32-17-16-31-36(37(28)32)27-4-1-2-7-30(27)41-31/h1-19,40H,39H2. The summed E-state index contributed by atoms with van der Waals surface area (Å²) >= 11 is 0. The van der Waals surface area contributed by atoms with Crippen LogP contribution in [0.5, 0.6) is 0 Å². The average molecular weight is 555 g/mol. The summed E-state index contributed by atoms with van der Waals surface area (Å²) < 4.78 is 18.9. The second-order valence-electron chi connectivity index (χ2n) is 11.2. The van der Waals surface area contributed by atoms with Gasteiger partial charge in [0.1, 0.15) is 33.5 Å². The van der Waals surface area contributed by atoms with Crippen molar-refractivity contribution in [3.05, 3.63) is 115 Å². The van der Waals surface area contributed by atoms with E-state index >= 15 is 0 Å². The predicted octanol–water partition coefficient (Wildman–Crippen LogP) is 11.0. The minimum atomic E-state index is 0.691. The average Bonchev–Trinajstić information content (AvgIpc) is 3.70. The van der Waals surface area contributed by atoms with Gasteiger partial charge in [-0.3, -0.25) is 0 Å². The maximum Gasteiger partial charge on any atom is 0.143 e. The highest BCUT2D eigenvalue weighted by atomic mass is 16.3. The number of para-hydroxylation sites is 1. The normalized spacial score (nSPS) is 12.3. The Labute approximate surface area is 243 Å². The summed E-state index contributed by atoms with van der Waals surface area (Å²) in [6.45, 7) is 0. The molecule has 3 N–H and O–H groups in total.